The van der Waals surface area contributed by atoms with Gasteiger partial charge in [0, 0.05) is 22.9 Å². The van der Waals surface area contributed by atoms with Crippen molar-refractivity contribution >= 4 is 21.7 Å². The third-order valence-corrected chi connectivity index (χ3v) is 5.07. The van der Waals surface area contributed by atoms with Gasteiger partial charge < -0.3 is 4.74 Å². The van der Waals surface area contributed by atoms with Crippen LogP contribution in [0.25, 0.3) is 0 Å². The van der Waals surface area contributed by atoms with Gasteiger partial charge >= 0.3 is 0 Å². The maximum absolute atomic E-state index is 12.6. The summed E-state index contributed by atoms with van der Waals surface area (Å²) in [5.41, 5.74) is 2.57. The summed E-state index contributed by atoms with van der Waals surface area (Å²) >= 11 is 3.52. The summed E-state index contributed by atoms with van der Waals surface area (Å²) in [5, 5.41) is 0. The average molecular weight is 323 g/mol. The second-order valence-corrected chi connectivity index (χ2v) is 6.71. The number of hydrogen-bond acceptors (Lipinski definition) is 2. The molecule has 2 aliphatic rings. The lowest BCUT2D eigenvalue weighted by atomic mass is 9.70. The van der Waals surface area contributed by atoms with Gasteiger partial charge in [-0.2, -0.15) is 0 Å². The minimum atomic E-state index is -0.128. The van der Waals surface area contributed by atoms with Gasteiger partial charge in [0.05, 0.1) is 6.10 Å². The minimum Gasteiger partial charge on any atom is -0.378 e. The van der Waals surface area contributed by atoms with Crippen molar-refractivity contribution in [1.29, 1.82) is 0 Å². The Morgan fingerprint density at radius 2 is 2.16 bits per heavy atom. The molecule has 1 spiro atoms. The van der Waals surface area contributed by atoms with Crippen molar-refractivity contribution in [1.82, 2.24) is 0 Å². The molecule has 0 saturated heterocycles. The Balaban J connectivity index is 1.79. The van der Waals surface area contributed by atoms with E-state index in [1.807, 2.05) is 6.92 Å². The van der Waals surface area contributed by atoms with E-state index in [4.69, 9.17) is 4.74 Å². The summed E-state index contributed by atoms with van der Waals surface area (Å²) in [5.74, 6) is 0.407. The summed E-state index contributed by atoms with van der Waals surface area (Å²) in [6, 6.07) is 6.41. The molecule has 2 atom stereocenters. The summed E-state index contributed by atoms with van der Waals surface area (Å²) in [7, 11) is 0. The van der Waals surface area contributed by atoms with E-state index in [2.05, 4.69) is 34.1 Å². The zero-order valence-corrected chi connectivity index (χ0v) is 12.8. The van der Waals surface area contributed by atoms with Gasteiger partial charge in [-0.1, -0.05) is 22.0 Å². The summed E-state index contributed by atoms with van der Waals surface area (Å²) in [6.45, 7) is 2.70. The number of fused-ring (bicyclic) bond motifs is 1. The van der Waals surface area contributed by atoms with Crippen molar-refractivity contribution in [3.8, 4) is 0 Å². The zero-order valence-electron chi connectivity index (χ0n) is 11.2. The number of hydrogen-bond donors (Lipinski definition) is 0. The quantitative estimate of drug-likeness (QED) is 0.830. The predicted octanol–water partition coefficient (Wildman–Crippen LogP) is 3.69. The molecule has 1 fully saturated rings. The standard InChI is InChI=1S/C16H19BrO2/c1-2-19-14-5-6-16(15(18)8-14)9-11-3-4-13(17)7-12(11)10-16/h3-4,7,14H,2,5-6,8-10H2,1H3. The molecule has 2 unspecified atom stereocenters. The summed E-state index contributed by atoms with van der Waals surface area (Å²) in [6.07, 6.45) is 4.59. The summed E-state index contributed by atoms with van der Waals surface area (Å²) in [4.78, 5) is 12.6. The van der Waals surface area contributed by atoms with Crippen molar-refractivity contribution in [2.24, 2.45) is 5.41 Å². The lowest BCUT2D eigenvalue weighted by Gasteiger charge is -2.35. The van der Waals surface area contributed by atoms with E-state index in [9.17, 15) is 4.79 Å². The second kappa shape index (κ2) is 5.02. The largest absolute Gasteiger partial charge is 0.378 e. The second-order valence-electron chi connectivity index (χ2n) is 5.79. The first kappa shape index (κ1) is 13.3. The van der Waals surface area contributed by atoms with E-state index < -0.39 is 0 Å². The SMILES string of the molecule is CCOC1CCC2(Cc3ccc(Br)cc3C2)C(=O)C1. The zero-order chi connectivity index (χ0) is 13.5. The highest BCUT2D eigenvalue weighted by Gasteiger charge is 2.46. The molecule has 0 aromatic heterocycles. The minimum absolute atomic E-state index is 0.128. The normalized spacial score (nSPS) is 29.8. The Morgan fingerprint density at radius 1 is 1.37 bits per heavy atom. The van der Waals surface area contributed by atoms with Crippen LogP contribution < -0.4 is 0 Å². The fraction of sp³-hybridized carbons (Fsp3) is 0.562. The van der Waals surface area contributed by atoms with Gasteiger partial charge in [0.2, 0.25) is 0 Å². The monoisotopic (exact) mass is 322 g/mol. The highest BCUT2D eigenvalue weighted by atomic mass is 79.9. The molecule has 0 heterocycles. The Kier molecular flexibility index (Phi) is 3.52. The molecule has 0 aliphatic heterocycles. The maximum Gasteiger partial charge on any atom is 0.142 e. The molecule has 0 N–H and O–H groups in total. The number of benzene rings is 1. The van der Waals surface area contributed by atoms with E-state index in [-0.39, 0.29) is 11.5 Å². The molecule has 2 nitrogen and oxygen atoms in total. The molecule has 1 saturated carbocycles. The van der Waals surface area contributed by atoms with Gasteiger partial charge in [0.25, 0.3) is 0 Å². The molecular formula is C16H19BrO2. The van der Waals surface area contributed by atoms with Crippen LogP contribution in [0.1, 0.15) is 37.3 Å². The Labute approximate surface area is 122 Å². The first-order chi connectivity index (χ1) is 9.13. The Morgan fingerprint density at radius 3 is 2.89 bits per heavy atom. The van der Waals surface area contributed by atoms with Crippen LogP contribution in [0.5, 0.6) is 0 Å². The number of ketones is 1. The molecule has 3 heteroatoms. The van der Waals surface area contributed by atoms with Gasteiger partial charge in [0.1, 0.15) is 5.78 Å². The number of rotatable bonds is 2. The maximum atomic E-state index is 12.6. The van der Waals surface area contributed by atoms with Crippen molar-refractivity contribution < 1.29 is 9.53 Å². The molecule has 19 heavy (non-hydrogen) atoms. The molecule has 1 aromatic rings. The van der Waals surface area contributed by atoms with E-state index >= 15 is 0 Å². The van der Waals surface area contributed by atoms with Gasteiger partial charge in [0.15, 0.2) is 0 Å². The summed E-state index contributed by atoms with van der Waals surface area (Å²) < 4.78 is 6.73. The van der Waals surface area contributed by atoms with Crippen LogP contribution in [0.2, 0.25) is 0 Å². The third-order valence-electron chi connectivity index (χ3n) is 4.58. The number of ether oxygens (including phenoxy) is 1. The molecule has 1 aromatic carbocycles. The lowest BCUT2D eigenvalue weighted by Crippen LogP contribution is -2.40. The highest BCUT2D eigenvalue weighted by Crippen LogP contribution is 2.46. The van der Waals surface area contributed by atoms with E-state index in [1.54, 1.807) is 0 Å². The van der Waals surface area contributed by atoms with Crippen LogP contribution in [0.15, 0.2) is 22.7 Å². The number of carbonyl (C=O) groups is 1. The Hall–Kier alpha value is -0.670. The van der Waals surface area contributed by atoms with Gasteiger partial charge in [-0.05, 0) is 55.9 Å². The molecule has 0 radical (unpaired) electrons. The number of halogens is 1. The van der Waals surface area contributed by atoms with Crippen molar-refractivity contribution in [3.63, 3.8) is 0 Å². The first-order valence-corrected chi connectivity index (χ1v) is 7.84. The van der Waals surface area contributed by atoms with Crippen LogP contribution in [0.3, 0.4) is 0 Å². The van der Waals surface area contributed by atoms with Crippen LogP contribution in [0, 0.1) is 5.41 Å². The van der Waals surface area contributed by atoms with Gasteiger partial charge in [-0.25, -0.2) is 0 Å². The smallest absolute Gasteiger partial charge is 0.142 e. The third kappa shape index (κ3) is 2.38. The van der Waals surface area contributed by atoms with E-state index in [0.717, 1.165) is 30.2 Å². The number of Topliss-reactive ketones (excluding diaryl/α,β-unsaturated/α-hetero) is 1. The van der Waals surface area contributed by atoms with E-state index in [0.29, 0.717) is 18.8 Å². The molecule has 2 aliphatic carbocycles. The predicted molar refractivity (Wildman–Crippen MR) is 78.3 cm³/mol. The average Bonchev–Trinajstić information content (AvgIpc) is 2.73. The van der Waals surface area contributed by atoms with Crippen molar-refractivity contribution in [2.45, 2.75) is 45.1 Å². The lowest BCUT2D eigenvalue weighted by molar-refractivity contribution is -0.136. The van der Waals surface area contributed by atoms with Crippen molar-refractivity contribution in [2.75, 3.05) is 6.61 Å². The molecule has 3 rings (SSSR count). The first-order valence-electron chi connectivity index (χ1n) is 7.05. The molecule has 0 bridgehead atoms. The van der Waals surface area contributed by atoms with Gasteiger partial charge in [-0.15, -0.1) is 0 Å². The van der Waals surface area contributed by atoms with Crippen LogP contribution in [0.4, 0.5) is 0 Å². The molecular weight excluding hydrogens is 304 g/mol. The fourth-order valence-corrected chi connectivity index (χ4v) is 3.99. The topological polar surface area (TPSA) is 26.3 Å². The van der Waals surface area contributed by atoms with E-state index in [1.165, 1.54) is 11.1 Å². The van der Waals surface area contributed by atoms with Crippen LogP contribution >= 0.6 is 15.9 Å². The highest BCUT2D eigenvalue weighted by molar-refractivity contribution is 9.10. The van der Waals surface area contributed by atoms with Crippen LogP contribution in [-0.2, 0) is 22.4 Å². The fourth-order valence-electron chi connectivity index (χ4n) is 3.58. The number of carbonyl (C=O) groups excluding carboxylic acids is 1. The Bertz CT molecular complexity index is 511. The molecule has 102 valence electrons. The van der Waals surface area contributed by atoms with Gasteiger partial charge in [-0.3, -0.25) is 4.79 Å². The molecule has 0 amide bonds. The van der Waals surface area contributed by atoms with Crippen LogP contribution in [-0.4, -0.2) is 18.5 Å². The van der Waals surface area contributed by atoms with Crippen molar-refractivity contribution in [3.05, 3.63) is 33.8 Å².